The Morgan fingerprint density at radius 1 is 1.41 bits per heavy atom. The Bertz CT molecular complexity index is 514. The number of fused-ring (bicyclic) bond motifs is 1. The second-order valence-corrected chi connectivity index (χ2v) is 4.17. The fourth-order valence-corrected chi connectivity index (χ4v) is 1.92. The molecule has 1 aromatic carbocycles. The Kier molecular flexibility index (Phi) is 3.42. The minimum atomic E-state index is 0.0926. The first-order valence-electron chi connectivity index (χ1n) is 5.98. The Hall–Kier alpha value is -1.84. The van der Waals surface area contributed by atoms with Crippen molar-refractivity contribution >= 4 is 22.5 Å². The molecule has 0 saturated carbocycles. The topological polar surface area (TPSA) is 57.8 Å². The highest BCUT2D eigenvalue weighted by Crippen LogP contribution is 2.18. The molecule has 0 saturated heterocycles. The third-order valence-corrected chi connectivity index (χ3v) is 3.06. The molecule has 2 rings (SSSR count). The summed E-state index contributed by atoms with van der Waals surface area (Å²) in [4.78, 5) is 11.9. The number of aromatic nitrogens is 2. The molecule has 0 radical (unpaired) electrons. The van der Waals surface area contributed by atoms with Gasteiger partial charge in [-0.2, -0.15) is 5.10 Å². The minimum Gasteiger partial charge on any atom is -0.326 e. The van der Waals surface area contributed by atoms with Crippen LogP contribution in [0.2, 0.25) is 0 Å². The first kappa shape index (κ1) is 11.6. The molecule has 4 nitrogen and oxygen atoms in total. The summed E-state index contributed by atoms with van der Waals surface area (Å²) >= 11 is 0. The van der Waals surface area contributed by atoms with Gasteiger partial charge in [0.1, 0.15) is 0 Å². The van der Waals surface area contributed by atoms with E-state index in [1.807, 2.05) is 32.0 Å². The van der Waals surface area contributed by atoms with Crippen molar-refractivity contribution in [1.29, 1.82) is 0 Å². The number of aromatic amines is 1. The highest BCUT2D eigenvalue weighted by molar-refractivity contribution is 5.94. The molecule has 1 heterocycles. The standard InChI is InChI=1S/C13H17N3O/c1-3-9(4-2)13(17)15-11-5-6-12-10(7-11)8-14-16-12/h5-9H,3-4H2,1-2H3,(H,14,16)(H,15,17). The van der Waals surface area contributed by atoms with Crippen LogP contribution in [-0.2, 0) is 4.79 Å². The maximum Gasteiger partial charge on any atom is 0.227 e. The Labute approximate surface area is 100 Å². The second-order valence-electron chi connectivity index (χ2n) is 4.17. The molecule has 2 aromatic rings. The van der Waals surface area contributed by atoms with Crippen LogP contribution in [0.25, 0.3) is 10.9 Å². The average molecular weight is 231 g/mol. The molecule has 4 heteroatoms. The molecular weight excluding hydrogens is 214 g/mol. The number of amides is 1. The highest BCUT2D eigenvalue weighted by Gasteiger charge is 2.14. The summed E-state index contributed by atoms with van der Waals surface area (Å²) in [6, 6.07) is 5.74. The molecule has 0 aliphatic carbocycles. The first-order chi connectivity index (χ1) is 8.24. The van der Waals surface area contributed by atoms with E-state index in [1.165, 1.54) is 0 Å². The van der Waals surface area contributed by atoms with Crippen LogP contribution in [0.15, 0.2) is 24.4 Å². The monoisotopic (exact) mass is 231 g/mol. The predicted octanol–water partition coefficient (Wildman–Crippen LogP) is 2.94. The molecule has 17 heavy (non-hydrogen) atoms. The van der Waals surface area contributed by atoms with Crippen molar-refractivity contribution in [3.63, 3.8) is 0 Å². The zero-order chi connectivity index (χ0) is 12.3. The van der Waals surface area contributed by atoms with Crippen molar-refractivity contribution in [2.45, 2.75) is 26.7 Å². The zero-order valence-electron chi connectivity index (χ0n) is 10.2. The van der Waals surface area contributed by atoms with E-state index in [0.717, 1.165) is 29.4 Å². The lowest BCUT2D eigenvalue weighted by Crippen LogP contribution is -2.21. The first-order valence-corrected chi connectivity index (χ1v) is 5.98. The highest BCUT2D eigenvalue weighted by atomic mass is 16.1. The summed E-state index contributed by atoms with van der Waals surface area (Å²) in [5, 5.41) is 10.8. The maximum atomic E-state index is 11.9. The van der Waals surface area contributed by atoms with Crippen LogP contribution in [0, 0.1) is 5.92 Å². The summed E-state index contributed by atoms with van der Waals surface area (Å²) in [5.41, 5.74) is 1.81. The smallest absolute Gasteiger partial charge is 0.227 e. The van der Waals surface area contributed by atoms with Crippen LogP contribution in [0.4, 0.5) is 5.69 Å². The van der Waals surface area contributed by atoms with Crippen LogP contribution in [0.3, 0.4) is 0 Å². The summed E-state index contributed by atoms with van der Waals surface area (Å²) in [6.45, 7) is 4.07. The van der Waals surface area contributed by atoms with Crippen molar-refractivity contribution in [3.8, 4) is 0 Å². The number of hydrogen-bond donors (Lipinski definition) is 2. The average Bonchev–Trinajstić information content (AvgIpc) is 2.77. The van der Waals surface area contributed by atoms with E-state index in [-0.39, 0.29) is 11.8 Å². The van der Waals surface area contributed by atoms with Gasteiger partial charge in [0.05, 0.1) is 11.7 Å². The van der Waals surface area contributed by atoms with Crippen molar-refractivity contribution in [2.75, 3.05) is 5.32 Å². The lowest BCUT2D eigenvalue weighted by molar-refractivity contribution is -0.120. The second kappa shape index (κ2) is 4.99. The number of anilines is 1. The third kappa shape index (κ3) is 2.46. The molecule has 0 aliphatic rings. The third-order valence-electron chi connectivity index (χ3n) is 3.06. The van der Waals surface area contributed by atoms with Gasteiger partial charge in [0, 0.05) is 17.0 Å². The van der Waals surface area contributed by atoms with Gasteiger partial charge in [-0.3, -0.25) is 9.89 Å². The number of carbonyl (C=O) groups excluding carboxylic acids is 1. The molecular formula is C13H17N3O. The number of H-pyrrole nitrogens is 1. The lowest BCUT2D eigenvalue weighted by Gasteiger charge is -2.12. The van der Waals surface area contributed by atoms with Gasteiger partial charge in [-0.15, -0.1) is 0 Å². The number of hydrogen-bond acceptors (Lipinski definition) is 2. The quantitative estimate of drug-likeness (QED) is 0.850. The minimum absolute atomic E-state index is 0.0926. The van der Waals surface area contributed by atoms with Gasteiger partial charge >= 0.3 is 0 Å². The van der Waals surface area contributed by atoms with Gasteiger partial charge in [0.25, 0.3) is 0 Å². The van der Waals surface area contributed by atoms with Gasteiger partial charge in [-0.05, 0) is 31.0 Å². The van der Waals surface area contributed by atoms with Crippen molar-refractivity contribution in [1.82, 2.24) is 10.2 Å². The molecule has 90 valence electrons. The van der Waals surface area contributed by atoms with Gasteiger partial charge in [-0.25, -0.2) is 0 Å². The van der Waals surface area contributed by atoms with Crippen LogP contribution >= 0.6 is 0 Å². The van der Waals surface area contributed by atoms with Crippen LogP contribution in [0.5, 0.6) is 0 Å². The summed E-state index contributed by atoms with van der Waals surface area (Å²) in [5.74, 6) is 0.188. The van der Waals surface area contributed by atoms with Crippen LogP contribution in [-0.4, -0.2) is 16.1 Å². The summed E-state index contributed by atoms with van der Waals surface area (Å²) < 4.78 is 0. The molecule has 0 atom stereocenters. The fraction of sp³-hybridized carbons (Fsp3) is 0.385. The van der Waals surface area contributed by atoms with Gasteiger partial charge < -0.3 is 5.32 Å². The van der Waals surface area contributed by atoms with Crippen molar-refractivity contribution in [2.24, 2.45) is 5.92 Å². The summed E-state index contributed by atoms with van der Waals surface area (Å²) in [7, 11) is 0. The van der Waals surface area contributed by atoms with E-state index in [1.54, 1.807) is 6.20 Å². The van der Waals surface area contributed by atoms with Crippen LogP contribution in [0.1, 0.15) is 26.7 Å². The molecule has 0 fully saturated rings. The number of nitrogens with zero attached hydrogens (tertiary/aromatic N) is 1. The molecule has 0 aliphatic heterocycles. The Balaban J connectivity index is 2.14. The van der Waals surface area contributed by atoms with Crippen molar-refractivity contribution < 1.29 is 4.79 Å². The number of nitrogens with one attached hydrogen (secondary N) is 2. The lowest BCUT2D eigenvalue weighted by atomic mass is 10.0. The van der Waals surface area contributed by atoms with Crippen LogP contribution < -0.4 is 5.32 Å². The number of rotatable bonds is 4. The fourth-order valence-electron chi connectivity index (χ4n) is 1.92. The summed E-state index contributed by atoms with van der Waals surface area (Å²) in [6.07, 6.45) is 3.49. The van der Waals surface area contributed by atoms with Gasteiger partial charge in [0.15, 0.2) is 0 Å². The molecule has 0 spiro atoms. The van der Waals surface area contributed by atoms with E-state index >= 15 is 0 Å². The predicted molar refractivity (Wildman–Crippen MR) is 68.8 cm³/mol. The Morgan fingerprint density at radius 2 is 2.18 bits per heavy atom. The van der Waals surface area contributed by atoms with E-state index in [9.17, 15) is 4.79 Å². The van der Waals surface area contributed by atoms with Gasteiger partial charge in [-0.1, -0.05) is 13.8 Å². The van der Waals surface area contributed by atoms with Crippen molar-refractivity contribution in [3.05, 3.63) is 24.4 Å². The SMILES string of the molecule is CCC(CC)C(=O)Nc1ccc2[nH]ncc2c1. The van der Waals surface area contributed by atoms with E-state index < -0.39 is 0 Å². The Morgan fingerprint density at radius 3 is 2.88 bits per heavy atom. The van der Waals surface area contributed by atoms with E-state index in [4.69, 9.17) is 0 Å². The van der Waals surface area contributed by atoms with E-state index in [2.05, 4.69) is 15.5 Å². The molecule has 0 bridgehead atoms. The molecule has 0 unspecified atom stereocenters. The molecule has 1 amide bonds. The largest absolute Gasteiger partial charge is 0.326 e. The normalized spacial score (nSPS) is 11.0. The van der Waals surface area contributed by atoms with E-state index in [0.29, 0.717) is 0 Å². The number of benzene rings is 1. The molecule has 2 N–H and O–H groups in total. The van der Waals surface area contributed by atoms with Gasteiger partial charge in [0.2, 0.25) is 5.91 Å². The maximum absolute atomic E-state index is 11.9. The zero-order valence-corrected chi connectivity index (χ0v) is 10.2. The molecule has 1 aromatic heterocycles. The number of carbonyl (C=O) groups is 1.